The topological polar surface area (TPSA) is 18.5 Å². The first-order valence-electron chi connectivity index (χ1n) is 6.39. The smallest absolute Gasteiger partial charge is 0.184 e. The number of para-hydroxylation sites is 1. The van der Waals surface area contributed by atoms with E-state index in [1.165, 1.54) is 0 Å². The SMILES string of the molecule is C=CCCC(O[Si](C)(C)C)c1ccccc1OC. The highest BCUT2D eigenvalue weighted by molar-refractivity contribution is 6.69. The van der Waals surface area contributed by atoms with Crippen molar-refractivity contribution in [1.29, 1.82) is 0 Å². The summed E-state index contributed by atoms with van der Waals surface area (Å²) in [7, 11) is 0.128. The monoisotopic (exact) mass is 264 g/mol. The van der Waals surface area contributed by atoms with Crippen LogP contribution in [0, 0.1) is 0 Å². The molecule has 0 N–H and O–H groups in total. The first-order chi connectivity index (χ1) is 8.48. The van der Waals surface area contributed by atoms with E-state index in [9.17, 15) is 0 Å². The molecule has 2 nitrogen and oxygen atoms in total. The molecule has 1 atom stereocenters. The van der Waals surface area contributed by atoms with Crippen molar-refractivity contribution in [3.63, 3.8) is 0 Å². The summed E-state index contributed by atoms with van der Waals surface area (Å²) in [6.07, 6.45) is 3.95. The quantitative estimate of drug-likeness (QED) is 0.531. The van der Waals surface area contributed by atoms with E-state index in [0.717, 1.165) is 24.2 Å². The number of methoxy groups -OCH3 is 1. The molecule has 1 rings (SSSR count). The molecule has 0 aliphatic carbocycles. The van der Waals surface area contributed by atoms with Crippen LogP contribution < -0.4 is 4.74 Å². The molecule has 0 aliphatic rings. The van der Waals surface area contributed by atoms with Crippen molar-refractivity contribution in [2.75, 3.05) is 7.11 Å². The molecular weight excluding hydrogens is 240 g/mol. The van der Waals surface area contributed by atoms with Crippen LogP contribution in [-0.4, -0.2) is 15.4 Å². The minimum atomic E-state index is -1.58. The number of rotatable bonds is 7. The minimum absolute atomic E-state index is 0.103. The summed E-state index contributed by atoms with van der Waals surface area (Å²) in [5.74, 6) is 0.907. The Morgan fingerprint density at radius 2 is 1.94 bits per heavy atom. The average Bonchev–Trinajstić information content (AvgIpc) is 2.33. The zero-order valence-corrected chi connectivity index (χ0v) is 12.9. The summed E-state index contributed by atoms with van der Waals surface area (Å²) in [5.41, 5.74) is 1.14. The standard InChI is InChI=1S/C15H24O2Si/c1-6-7-11-15(17-18(3,4)5)13-10-8-9-12-14(13)16-2/h6,8-10,12,15H,1,7,11H2,2-5H3. The van der Waals surface area contributed by atoms with Crippen LogP contribution in [0.15, 0.2) is 36.9 Å². The lowest BCUT2D eigenvalue weighted by Crippen LogP contribution is -2.28. The molecule has 1 aromatic rings. The van der Waals surface area contributed by atoms with Crippen molar-refractivity contribution in [2.24, 2.45) is 0 Å². The van der Waals surface area contributed by atoms with Crippen molar-refractivity contribution in [2.45, 2.75) is 38.6 Å². The number of allylic oxidation sites excluding steroid dienone is 1. The molecule has 1 aromatic carbocycles. The highest BCUT2D eigenvalue weighted by Crippen LogP contribution is 2.33. The van der Waals surface area contributed by atoms with E-state index in [0.29, 0.717) is 0 Å². The molecule has 1 unspecified atom stereocenters. The molecule has 0 bridgehead atoms. The van der Waals surface area contributed by atoms with Gasteiger partial charge in [-0.05, 0) is 38.5 Å². The van der Waals surface area contributed by atoms with Crippen molar-refractivity contribution in [3.05, 3.63) is 42.5 Å². The lowest BCUT2D eigenvalue weighted by Gasteiger charge is -2.27. The Kier molecular flexibility index (Phi) is 5.63. The van der Waals surface area contributed by atoms with Gasteiger partial charge >= 0.3 is 0 Å². The van der Waals surface area contributed by atoms with E-state index in [2.05, 4.69) is 32.3 Å². The van der Waals surface area contributed by atoms with Gasteiger partial charge in [0, 0.05) is 5.56 Å². The van der Waals surface area contributed by atoms with Crippen LogP contribution in [0.3, 0.4) is 0 Å². The van der Waals surface area contributed by atoms with Crippen LogP contribution in [0.1, 0.15) is 24.5 Å². The van der Waals surface area contributed by atoms with Gasteiger partial charge in [0.05, 0.1) is 13.2 Å². The third kappa shape index (κ3) is 4.67. The van der Waals surface area contributed by atoms with Gasteiger partial charge in [-0.3, -0.25) is 0 Å². The third-order valence-corrected chi connectivity index (χ3v) is 3.61. The second-order valence-electron chi connectivity index (χ2n) is 5.33. The highest BCUT2D eigenvalue weighted by Gasteiger charge is 2.23. The maximum atomic E-state index is 6.28. The molecule has 0 radical (unpaired) electrons. The molecule has 0 aromatic heterocycles. The van der Waals surface area contributed by atoms with Crippen LogP contribution in [0.25, 0.3) is 0 Å². The van der Waals surface area contributed by atoms with Gasteiger partial charge in [-0.25, -0.2) is 0 Å². The summed E-state index contributed by atoms with van der Waals surface area (Å²) in [5, 5.41) is 0. The Balaban J connectivity index is 2.96. The van der Waals surface area contributed by atoms with Gasteiger partial charge in [-0.1, -0.05) is 24.3 Å². The Morgan fingerprint density at radius 3 is 2.50 bits per heavy atom. The van der Waals surface area contributed by atoms with Gasteiger partial charge in [0.15, 0.2) is 8.32 Å². The van der Waals surface area contributed by atoms with Gasteiger partial charge in [0.2, 0.25) is 0 Å². The van der Waals surface area contributed by atoms with Crippen molar-refractivity contribution < 1.29 is 9.16 Å². The average molecular weight is 264 g/mol. The molecule has 0 spiro atoms. The lowest BCUT2D eigenvalue weighted by atomic mass is 10.0. The summed E-state index contributed by atoms with van der Waals surface area (Å²) in [6.45, 7) is 10.4. The number of hydrogen-bond donors (Lipinski definition) is 0. The molecule has 100 valence electrons. The molecule has 0 heterocycles. The zero-order chi connectivity index (χ0) is 13.6. The maximum absolute atomic E-state index is 6.28. The van der Waals surface area contributed by atoms with Crippen LogP contribution in [0.2, 0.25) is 19.6 Å². The summed E-state index contributed by atoms with van der Waals surface area (Å²) in [6, 6.07) is 8.10. The number of ether oxygens (including phenoxy) is 1. The molecule has 0 aliphatic heterocycles. The van der Waals surface area contributed by atoms with E-state index < -0.39 is 8.32 Å². The second kappa shape index (κ2) is 6.76. The predicted octanol–water partition coefficient (Wildman–Crippen LogP) is 4.55. The minimum Gasteiger partial charge on any atom is -0.496 e. The van der Waals surface area contributed by atoms with E-state index >= 15 is 0 Å². The Hall–Kier alpha value is -1.06. The summed E-state index contributed by atoms with van der Waals surface area (Å²) in [4.78, 5) is 0. The Morgan fingerprint density at radius 1 is 1.28 bits per heavy atom. The van der Waals surface area contributed by atoms with E-state index in [1.807, 2.05) is 24.3 Å². The zero-order valence-electron chi connectivity index (χ0n) is 11.9. The molecule has 18 heavy (non-hydrogen) atoms. The fraction of sp³-hybridized carbons (Fsp3) is 0.467. The fourth-order valence-corrected chi connectivity index (χ4v) is 3.00. The number of benzene rings is 1. The predicted molar refractivity (Wildman–Crippen MR) is 79.6 cm³/mol. The molecule has 0 saturated heterocycles. The number of hydrogen-bond acceptors (Lipinski definition) is 2. The molecule has 3 heteroatoms. The highest BCUT2D eigenvalue weighted by atomic mass is 28.4. The Bertz CT molecular complexity index is 382. The summed E-state index contributed by atoms with van der Waals surface area (Å²) >= 11 is 0. The largest absolute Gasteiger partial charge is 0.496 e. The lowest BCUT2D eigenvalue weighted by molar-refractivity contribution is 0.184. The molecule has 0 fully saturated rings. The van der Waals surface area contributed by atoms with E-state index in [1.54, 1.807) is 7.11 Å². The van der Waals surface area contributed by atoms with Gasteiger partial charge in [-0.15, -0.1) is 6.58 Å². The van der Waals surface area contributed by atoms with Gasteiger partial charge < -0.3 is 9.16 Å². The van der Waals surface area contributed by atoms with Gasteiger partial charge in [0.25, 0.3) is 0 Å². The van der Waals surface area contributed by atoms with Crippen LogP contribution in [-0.2, 0) is 4.43 Å². The molecule has 0 saturated carbocycles. The third-order valence-electron chi connectivity index (χ3n) is 2.61. The van der Waals surface area contributed by atoms with Gasteiger partial charge in [-0.2, -0.15) is 0 Å². The maximum Gasteiger partial charge on any atom is 0.184 e. The second-order valence-corrected chi connectivity index (χ2v) is 9.79. The summed E-state index contributed by atoms with van der Waals surface area (Å²) < 4.78 is 11.7. The van der Waals surface area contributed by atoms with E-state index in [4.69, 9.17) is 9.16 Å². The Labute approximate surface area is 112 Å². The van der Waals surface area contributed by atoms with Crippen molar-refractivity contribution >= 4 is 8.32 Å². The fourth-order valence-electron chi connectivity index (χ4n) is 1.91. The van der Waals surface area contributed by atoms with Crippen molar-refractivity contribution in [1.82, 2.24) is 0 Å². The van der Waals surface area contributed by atoms with Crippen LogP contribution in [0.4, 0.5) is 0 Å². The first-order valence-corrected chi connectivity index (χ1v) is 9.80. The van der Waals surface area contributed by atoms with Crippen molar-refractivity contribution in [3.8, 4) is 5.75 Å². The first kappa shape index (κ1) is 15.0. The van der Waals surface area contributed by atoms with E-state index in [-0.39, 0.29) is 6.10 Å². The normalized spacial score (nSPS) is 13.1. The molecule has 0 amide bonds. The molecular formula is C15H24O2Si. The van der Waals surface area contributed by atoms with Gasteiger partial charge in [0.1, 0.15) is 5.75 Å². The van der Waals surface area contributed by atoms with Crippen LogP contribution >= 0.6 is 0 Å². The van der Waals surface area contributed by atoms with Crippen LogP contribution in [0.5, 0.6) is 5.75 Å².